The lowest BCUT2D eigenvalue weighted by atomic mass is 10.0. The van der Waals surface area contributed by atoms with E-state index in [0.29, 0.717) is 19.6 Å². The molecule has 1 atom stereocenters. The van der Waals surface area contributed by atoms with E-state index in [9.17, 15) is 9.90 Å². The van der Waals surface area contributed by atoms with Gasteiger partial charge in [-0.15, -0.1) is 0 Å². The summed E-state index contributed by atoms with van der Waals surface area (Å²) in [4.78, 5) is 12.1. The normalized spacial score (nSPS) is 12.3. The van der Waals surface area contributed by atoms with E-state index in [2.05, 4.69) is 26.0 Å². The first-order chi connectivity index (χ1) is 23.2. The minimum atomic E-state index is -0.531. The molecule has 0 amide bonds. The predicted octanol–water partition coefficient (Wildman–Crippen LogP) is 13.8. The van der Waals surface area contributed by atoms with Gasteiger partial charge in [0.1, 0.15) is 6.10 Å². The zero-order valence-electron chi connectivity index (χ0n) is 32.1. The summed E-state index contributed by atoms with van der Waals surface area (Å²) in [5, 5.41) is 9.56. The van der Waals surface area contributed by atoms with Gasteiger partial charge in [-0.25, -0.2) is 0 Å². The molecule has 0 bridgehead atoms. The zero-order valence-corrected chi connectivity index (χ0v) is 32.1. The number of unbranched alkanes of at least 4 members (excludes halogenated alkanes) is 30. The molecule has 0 rings (SSSR count). The molecule has 1 unspecified atom stereocenters. The van der Waals surface area contributed by atoms with Crippen molar-refractivity contribution >= 4 is 5.97 Å². The standard InChI is InChI=1S/C43H84O4/c1-3-5-7-9-11-13-15-16-17-18-19-20-21-22-23-24-25-26-27-28-29-31-33-35-37-39-46-41-42(40-44)47-43(45)38-36-34-32-30-14-12-10-8-6-4-2/h8,10,42,44H,3-7,9,11-41H2,1-2H3/b10-8-. The first kappa shape index (κ1) is 46.1. The van der Waals surface area contributed by atoms with Crippen LogP contribution < -0.4 is 0 Å². The molecule has 0 aromatic rings. The van der Waals surface area contributed by atoms with Gasteiger partial charge in [0.05, 0.1) is 13.2 Å². The fraction of sp³-hybridized carbons (Fsp3) is 0.930. The minimum absolute atomic E-state index is 0.170. The van der Waals surface area contributed by atoms with E-state index < -0.39 is 6.10 Å². The first-order valence-electron chi connectivity index (χ1n) is 21.3. The SMILES string of the molecule is CCC/C=C\CCCCCCCC(=O)OC(CO)COCCCCCCCCCCCCCCCCCCCCCCCCCCC. The largest absolute Gasteiger partial charge is 0.457 e. The molecule has 0 fully saturated rings. The monoisotopic (exact) mass is 665 g/mol. The molecule has 0 heterocycles. The summed E-state index contributed by atoms with van der Waals surface area (Å²) in [6.07, 6.45) is 48.6. The topological polar surface area (TPSA) is 55.8 Å². The second-order valence-corrected chi connectivity index (χ2v) is 14.4. The van der Waals surface area contributed by atoms with Crippen LogP contribution in [0, 0.1) is 0 Å². The third kappa shape index (κ3) is 39.5. The Morgan fingerprint density at radius 3 is 1.30 bits per heavy atom. The Hall–Kier alpha value is -0.870. The molecule has 0 aliphatic rings. The number of ether oxygens (including phenoxy) is 2. The number of carbonyl (C=O) groups excluding carboxylic acids is 1. The Balaban J connectivity index is 3.30. The van der Waals surface area contributed by atoms with Crippen molar-refractivity contribution in [2.75, 3.05) is 19.8 Å². The van der Waals surface area contributed by atoms with Crippen LogP contribution in [0.5, 0.6) is 0 Å². The zero-order chi connectivity index (χ0) is 34.1. The van der Waals surface area contributed by atoms with Crippen LogP contribution >= 0.6 is 0 Å². The van der Waals surface area contributed by atoms with Gasteiger partial charge < -0.3 is 14.6 Å². The van der Waals surface area contributed by atoms with Crippen LogP contribution in [-0.2, 0) is 14.3 Å². The minimum Gasteiger partial charge on any atom is -0.457 e. The molecule has 0 aliphatic heterocycles. The summed E-state index contributed by atoms with van der Waals surface area (Å²) in [7, 11) is 0. The summed E-state index contributed by atoms with van der Waals surface area (Å²) in [5.41, 5.74) is 0. The number of carbonyl (C=O) groups is 1. The van der Waals surface area contributed by atoms with E-state index in [4.69, 9.17) is 9.47 Å². The van der Waals surface area contributed by atoms with Gasteiger partial charge in [0.2, 0.25) is 0 Å². The molecule has 4 heteroatoms. The molecule has 0 spiro atoms. The van der Waals surface area contributed by atoms with Crippen molar-refractivity contribution in [3.05, 3.63) is 12.2 Å². The lowest BCUT2D eigenvalue weighted by Crippen LogP contribution is -2.27. The van der Waals surface area contributed by atoms with Gasteiger partial charge in [-0.2, -0.15) is 0 Å². The average molecular weight is 665 g/mol. The van der Waals surface area contributed by atoms with E-state index >= 15 is 0 Å². The maximum atomic E-state index is 12.1. The molecule has 0 aromatic carbocycles. The summed E-state index contributed by atoms with van der Waals surface area (Å²) in [6, 6.07) is 0. The van der Waals surface area contributed by atoms with Gasteiger partial charge in [-0.3, -0.25) is 4.79 Å². The second-order valence-electron chi connectivity index (χ2n) is 14.4. The maximum Gasteiger partial charge on any atom is 0.306 e. The number of aliphatic hydroxyl groups excluding tert-OH is 1. The van der Waals surface area contributed by atoms with Crippen LogP contribution in [0.25, 0.3) is 0 Å². The van der Waals surface area contributed by atoms with Crippen molar-refractivity contribution in [2.45, 2.75) is 238 Å². The number of hydrogen-bond acceptors (Lipinski definition) is 4. The molecular weight excluding hydrogens is 580 g/mol. The van der Waals surface area contributed by atoms with E-state index in [1.807, 2.05) is 0 Å². The Bertz CT molecular complexity index is 619. The first-order valence-corrected chi connectivity index (χ1v) is 21.3. The number of aliphatic hydroxyl groups is 1. The smallest absolute Gasteiger partial charge is 0.306 e. The highest BCUT2D eigenvalue weighted by atomic mass is 16.6. The molecule has 280 valence electrons. The third-order valence-electron chi connectivity index (χ3n) is 9.57. The van der Waals surface area contributed by atoms with Gasteiger partial charge in [0.15, 0.2) is 0 Å². The molecule has 0 aromatic heterocycles. The lowest BCUT2D eigenvalue weighted by molar-refractivity contribution is -0.154. The van der Waals surface area contributed by atoms with E-state index in [0.717, 1.165) is 19.3 Å². The molecule has 0 aliphatic carbocycles. The quantitative estimate of drug-likeness (QED) is 0.0402. The fourth-order valence-electron chi connectivity index (χ4n) is 6.39. The third-order valence-corrected chi connectivity index (χ3v) is 9.57. The number of esters is 1. The van der Waals surface area contributed by atoms with Crippen molar-refractivity contribution in [2.24, 2.45) is 0 Å². The molecule has 0 saturated heterocycles. The second kappa shape index (κ2) is 41.3. The Labute approximate surface area is 295 Å². The summed E-state index contributed by atoms with van der Waals surface area (Å²) in [5.74, 6) is -0.208. The Morgan fingerprint density at radius 1 is 0.489 bits per heavy atom. The van der Waals surface area contributed by atoms with Crippen molar-refractivity contribution in [3.8, 4) is 0 Å². The van der Waals surface area contributed by atoms with Gasteiger partial charge >= 0.3 is 5.97 Å². The van der Waals surface area contributed by atoms with E-state index in [-0.39, 0.29) is 12.6 Å². The summed E-state index contributed by atoms with van der Waals surface area (Å²) < 4.78 is 11.1. The molecule has 0 saturated carbocycles. The molecule has 1 N–H and O–H groups in total. The molecule has 0 radical (unpaired) electrons. The summed E-state index contributed by atoms with van der Waals surface area (Å²) >= 11 is 0. The number of allylic oxidation sites excluding steroid dienone is 2. The van der Waals surface area contributed by atoms with Gasteiger partial charge in [-0.1, -0.05) is 206 Å². The van der Waals surface area contributed by atoms with Crippen LogP contribution in [0.3, 0.4) is 0 Å². The average Bonchev–Trinajstić information content (AvgIpc) is 3.08. The van der Waals surface area contributed by atoms with Gasteiger partial charge in [-0.05, 0) is 32.1 Å². The Kier molecular flexibility index (Phi) is 40.5. The highest BCUT2D eigenvalue weighted by Crippen LogP contribution is 2.16. The number of hydrogen-bond donors (Lipinski definition) is 1. The molecule has 4 nitrogen and oxygen atoms in total. The predicted molar refractivity (Wildman–Crippen MR) is 205 cm³/mol. The fourth-order valence-corrected chi connectivity index (χ4v) is 6.39. The lowest BCUT2D eigenvalue weighted by Gasteiger charge is -2.15. The van der Waals surface area contributed by atoms with Gasteiger partial charge in [0, 0.05) is 13.0 Å². The van der Waals surface area contributed by atoms with Crippen LogP contribution in [-0.4, -0.2) is 37.0 Å². The highest BCUT2D eigenvalue weighted by Gasteiger charge is 2.13. The van der Waals surface area contributed by atoms with Crippen molar-refractivity contribution in [1.29, 1.82) is 0 Å². The Morgan fingerprint density at radius 2 is 0.872 bits per heavy atom. The van der Waals surface area contributed by atoms with Crippen molar-refractivity contribution in [3.63, 3.8) is 0 Å². The highest BCUT2D eigenvalue weighted by molar-refractivity contribution is 5.69. The van der Waals surface area contributed by atoms with Crippen LogP contribution in [0.4, 0.5) is 0 Å². The van der Waals surface area contributed by atoms with Crippen molar-refractivity contribution in [1.82, 2.24) is 0 Å². The molecular formula is C43H84O4. The van der Waals surface area contributed by atoms with Crippen LogP contribution in [0.2, 0.25) is 0 Å². The van der Waals surface area contributed by atoms with E-state index in [1.54, 1.807) is 0 Å². The van der Waals surface area contributed by atoms with Crippen LogP contribution in [0.15, 0.2) is 12.2 Å². The number of rotatable bonds is 40. The molecule has 47 heavy (non-hydrogen) atoms. The van der Waals surface area contributed by atoms with Crippen molar-refractivity contribution < 1.29 is 19.4 Å². The summed E-state index contributed by atoms with van der Waals surface area (Å²) in [6.45, 7) is 5.31. The van der Waals surface area contributed by atoms with Crippen LogP contribution in [0.1, 0.15) is 232 Å². The van der Waals surface area contributed by atoms with E-state index in [1.165, 1.54) is 193 Å². The van der Waals surface area contributed by atoms with Gasteiger partial charge in [0.25, 0.3) is 0 Å². The maximum absolute atomic E-state index is 12.1.